The molecule has 2 aromatic rings. The van der Waals surface area contributed by atoms with Crippen molar-refractivity contribution in [3.63, 3.8) is 0 Å². The van der Waals surface area contributed by atoms with Gasteiger partial charge in [-0.3, -0.25) is 9.78 Å². The predicted octanol–water partition coefficient (Wildman–Crippen LogP) is 3.31. The molecule has 1 aromatic heterocycles. The summed E-state index contributed by atoms with van der Waals surface area (Å²) in [5.74, 6) is 0.575. The van der Waals surface area contributed by atoms with Crippen LogP contribution in [-0.2, 0) is 11.2 Å². The van der Waals surface area contributed by atoms with E-state index in [9.17, 15) is 4.79 Å². The van der Waals surface area contributed by atoms with Crippen molar-refractivity contribution >= 4 is 23.2 Å². The first-order valence-electron chi connectivity index (χ1n) is 8.37. The normalized spacial score (nSPS) is 15.3. The lowest BCUT2D eigenvalue weighted by Crippen LogP contribution is -2.39. The number of carbonyl (C=O) groups excluding carboxylic acids is 1. The number of anilines is 1. The van der Waals surface area contributed by atoms with Crippen LogP contribution < -0.4 is 10.2 Å². The minimum absolute atomic E-state index is 0.0396. The van der Waals surface area contributed by atoms with Crippen LogP contribution in [0.25, 0.3) is 0 Å². The summed E-state index contributed by atoms with van der Waals surface area (Å²) >= 11 is 6.10. The van der Waals surface area contributed by atoms with Gasteiger partial charge in [0, 0.05) is 30.9 Å². The van der Waals surface area contributed by atoms with Gasteiger partial charge in [0.25, 0.3) is 0 Å². The molecule has 0 saturated carbocycles. The molecule has 1 saturated heterocycles. The van der Waals surface area contributed by atoms with Gasteiger partial charge in [-0.25, -0.2) is 0 Å². The average molecular weight is 344 g/mol. The van der Waals surface area contributed by atoms with E-state index in [0.29, 0.717) is 17.4 Å². The zero-order chi connectivity index (χ0) is 16.8. The summed E-state index contributed by atoms with van der Waals surface area (Å²) in [5, 5.41) is 3.70. The Morgan fingerprint density at radius 3 is 2.71 bits per heavy atom. The van der Waals surface area contributed by atoms with Crippen molar-refractivity contribution in [2.24, 2.45) is 5.92 Å². The summed E-state index contributed by atoms with van der Waals surface area (Å²) in [6.45, 7) is 2.76. The number of amides is 1. The van der Waals surface area contributed by atoms with Crippen molar-refractivity contribution in [3.05, 3.63) is 59.4 Å². The fourth-order valence-electron chi connectivity index (χ4n) is 3.07. The number of carbonyl (C=O) groups is 1. The number of rotatable bonds is 5. The Hall–Kier alpha value is -2.07. The zero-order valence-corrected chi connectivity index (χ0v) is 14.4. The molecule has 4 nitrogen and oxygen atoms in total. The quantitative estimate of drug-likeness (QED) is 0.906. The number of halogens is 1. The Bertz CT molecular complexity index is 669. The molecule has 0 spiro atoms. The van der Waals surface area contributed by atoms with Crippen LogP contribution in [0.1, 0.15) is 18.4 Å². The molecule has 24 heavy (non-hydrogen) atoms. The first kappa shape index (κ1) is 16.8. The van der Waals surface area contributed by atoms with Crippen LogP contribution in [0.3, 0.4) is 0 Å². The maximum atomic E-state index is 12.1. The van der Waals surface area contributed by atoms with E-state index < -0.39 is 0 Å². The standard InChI is InChI=1S/C19H22ClN3O/c20-18-6-2-1-4-16(18)12-19(24)22-13-15-7-10-23(11-8-15)17-5-3-9-21-14-17/h1-6,9,14-15H,7-8,10-13H2,(H,22,24). The van der Waals surface area contributed by atoms with Crippen molar-refractivity contribution in [1.29, 1.82) is 0 Å². The van der Waals surface area contributed by atoms with Gasteiger partial charge in [0.05, 0.1) is 18.3 Å². The largest absolute Gasteiger partial charge is 0.370 e. The minimum atomic E-state index is 0.0396. The van der Waals surface area contributed by atoms with Crippen LogP contribution in [0.5, 0.6) is 0 Å². The third-order valence-electron chi connectivity index (χ3n) is 4.52. The van der Waals surface area contributed by atoms with Crippen LogP contribution >= 0.6 is 11.6 Å². The fourth-order valence-corrected chi connectivity index (χ4v) is 3.27. The number of aromatic nitrogens is 1. The van der Waals surface area contributed by atoms with Crippen molar-refractivity contribution in [2.45, 2.75) is 19.3 Å². The second-order valence-corrected chi connectivity index (χ2v) is 6.62. The van der Waals surface area contributed by atoms with Gasteiger partial charge in [0.15, 0.2) is 0 Å². The summed E-state index contributed by atoms with van der Waals surface area (Å²) in [4.78, 5) is 18.6. The van der Waals surface area contributed by atoms with Crippen LogP contribution in [0.15, 0.2) is 48.8 Å². The van der Waals surface area contributed by atoms with Gasteiger partial charge < -0.3 is 10.2 Å². The lowest BCUT2D eigenvalue weighted by Gasteiger charge is -2.33. The molecule has 1 aromatic carbocycles. The second kappa shape index (κ2) is 8.15. The number of hydrogen-bond donors (Lipinski definition) is 1. The zero-order valence-electron chi connectivity index (χ0n) is 13.6. The number of hydrogen-bond acceptors (Lipinski definition) is 3. The van der Waals surface area contributed by atoms with E-state index >= 15 is 0 Å². The molecule has 1 N–H and O–H groups in total. The van der Waals surface area contributed by atoms with Gasteiger partial charge in [-0.2, -0.15) is 0 Å². The van der Waals surface area contributed by atoms with Crippen molar-refractivity contribution in [3.8, 4) is 0 Å². The molecule has 1 amide bonds. The van der Waals surface area contributed by atoms with E-state index in [4.69, 9.17) is 11.6 Å². The molecule has 5 heteroatoms. The summed E-state index contributed by atoms with van der Waals surface area (Å²) in [6.07, 6.45) is 6.22. The van der Waals surface area contributed by atoms with E-state index in [2.05, 4.69) is 21.3 Å². The number of benzene rings is 1. The first-order valence-corrected chi connectivity index (χ1v) is 8.75. The predicted molar refractivity (Wildman–Crippen MR) is 97.3 cm³/mol. The molecule has 3 rings (SSSR count). The van der Waals surface area contributed by atoms with Crippen LogP contribution in [0.2, 0.25) is 5.02 Å². The van der Waals surface area contributed by atoms with Gasteiger partial charge in [0.2, 0.25) is 5.91 Å². The average Bonchev–Trinajstić information content (AvgIpc) is 2.63. The van der Waals surface area contributed by atoms with Crippen LogP contribution in [-0.4, -0.2) is 30.5 Å². The Labute approximate surface area is 147 Å². The number of piperidine rings is 1. The van der Waals surface area contributed by atoms with Gasteiger partial charge in [-0.15, -0.1) is 0 Å². The van der Waals surface area contributed by atoms with E-state index in [-0.39, 0.29) is 5.91 Å². The van der Waals surface area contributed by atoms with Crippen LogP contribution in [0.4, 0.5) is 5.69 Å². The molecule has 0 radical (unpaired) electrons. The highest BCUT2D eigenvalue weighted by molar-refractivity contribution is 6.31. The van der Waals surface area contributed by atoms with E-state index in [1.54, 1.807) is 6.20 Å². The van der Waals surface area contributed by atoms with Crippen LogP contribution in [0, 0.1) is 5.92 Å². The highest BCUT2D eigenvalue weighted by Crippen LogP contribution is 2.22. The molecule has 0 unspecified atom stereocenters. The maximum absolute atomic E-state index is 12.1. The number of pyridine rings is 1. The Morgan fingerprint density at radius 1 is 1.21 bits per heavy atom. The van der Waals surface area contributed by atoms with Gasteiger partial charge in [0.1, 0.15) is 0 Å². The molecule has 1 fully saturated rings. The second-order valence-electron chi connectivity index (χ2n) is 6.21. The minimum Gasteiger partial charge on any atom is -0.370 e. The first-order chi connectivity index (χ1) is 11.7. The van der Waals surface area contributed by atoms with E-state index in [1.807, 2.05) is 36.5 Å². The highest BCUT2D eigenvalue weighted by Gasteiger charge is 2.20. The van der Waals surface area contributed by atoms with Gasteiger partial charge in [-0.1, -0.05) is 29.8 Å². The molecule has 2 heterocycles. The van der Waals surface area contributed by atoms with Crippen molar-refractivity contribution in [2.75, 3.05) is 24.5 Å². The Balaban J connectivity index is 1.42. The molecule has 1 aliphatic rings. The summed E-state index contributed by atoms with van der Waals surface area (Å²) in [7, 11) is 0. The summed E-state index contributed by atoms with van der Waals surface area (Å²) in [6, 6.07) is 11.6. The SMILES string of the molecule is O=C(Cc1ccccc1Cl)NCC1CCN(c2cccnc2)CC1. The molecular weight excluding hydrogens is 322 g/mol. The molecule has 0 aliphatic carbocycles. The third kappa shape index (κ3) is 4.48. The van der Waals surface area contributed by atoms with E-state index in [1.165, 1.54) is 5.69 Å². The molecule has 1 aliphatic heterocycles. The monoisotopic (exact) mass is 343 g/mol. The van der Waals surface area contributed by atoms with E-state index in [0.717, 1.165) is 38.0 Å². The maximum Gasteiger partial charge on any atom is 0.224 e. The lowest BCUT2D eigenvalue weighted by molar-refractivity contribution is -0.120. The number of nitrogens with zero attached hydrogens (tertiary/aromatic N) is 2. The molecule has 0 atom stereocenters. The lowest BCUT2D eigenvalue weighted by atomic mass is 9.96. The number of nitrogens with one attached hydrogen (secondary N) is 1. The fraction of sp³-hybridized carbons (Fsp3) is 0.368. The summed E-state index contributed by atoms with van der Waals surface area (Å²) in [5.41, 5.74) is 2.06. The molecule has 0 bridgehead atoms. The highest BCUT2D eigenvalue weighted by atomic mass is 35.5. The van der Waals surface area contributed by atoms with Gasteiger partial charge >= 0.3 is 0 Å². The van der Waals surface area contributed by atoms with Crippen molar-refractivity contribution in [1.82, 2.24) is 10.3 Å². The third-order valence-corrected chi connectivity index (χ3v) is 4.89. The Morgan fingerprint density at radius 2 is 2.00 bits per heavy atom. The van der Waals surface area contributed by atoms with Crippen molar-refractivity contribution < 1.29 is 4.79 Å². The molecule has 126 valence electrons. The topological polar surface area (TPSA) is 45.2 Å². The smallest absolute Gasteiger partial charge is 0.224 e. The molecular formula is C19H22ClN3O. The summed E-state index contributed by atoms with van der Waals surface area (Å²) < 4.78 is 0. The van der Waals surface area contributed by atoms with Gasteiger partial charge in [-0.05, 0) is 42.5 Å². The Kier molecular flexibility index (Phi) is 5.70.